The van der Waals surface area contributed by atoms with Crippen LogP contribution in [0.3, 0.4) is 0 Å². The largest absolute Gasteiger partial charge is 0.468 e. The third kappa shape index (κ3) is 6.64. The van der Waals surface area contributed by atoms with E-state index in [0.717, 1.165) is 31.4 Å². The Balaban J connectivity index is 0. The number of rotatable bonds is 8. The van der Waals surface area contributed by atoms with Crippen LogP contribution in [-0.4, -0.2) is 26.7 Å². The van der Waals surface area contributed by atoms with Crippen LogP contribution in [0, 0.1) is 12.3 Å². The molecule has 0 radical (unpaired) electrons. The zero-order valence-electron chi connectivity index (χ0n) is 17.0. The first-order valence-electron chi connectivity index (χ1n) is 9.05. The summed E-state index contributed by atoms with van der Waals surface area (Å²) in [5, 5.41) is 3.24. The number of nitrogens with one attached hydrogen (secondary N) is 1. The van der Waals surface area contributed by atoms with Gasteiger partial charge in [0.15, 0.2) is 0 Å². The van der Waals surface area contributed by atoms with Gasteiger partial charge in [0.25, 0.3) is 0 Å². The minimum Gasteiger partial charge on any atom is -0.468 e. The summed E-state index contributed by atoms with van der Waals surface area (Å²) in [5.41, 5.74) is 1.90. The van der Waals surface area contributed by atoms with Crippen LogP contribution in [-0.2, 0) is 14.9 Å². The zero-order chi connectivity index (χ0) is 18.8. The van der Waals surface area contributed by atoms with Crippen LogP contribution >= 0.6 is 0 Å². The van der Waals surface area contributed by atoms with Crippen molar-refractivity contribution in [3.8, 4) is 0 Å². The molecule has 24 heavy (non-hydrogen) atoms. The number of esters is 1. The summed E-state index contributed by atoms with van der Waals surface area (Å²) in [5.74, 6) is -0.150. The summed E-state index contributed by atoms with van der Waals surface area (Å²) >= 11 is 0. The fourth-order valence-corrected chi connectivity index (χ4v) is 3.00. The third-order valence-corrected chi connectivity index (χ3v) is 4.51. The molecule has 0 saturated heterocycles. The number of hydrogen-bond acceptors (Lipinski definition) is 3. The lowest BCUT2D eigenvalue weighted by Crippen LogP contribution is -2.34. The molecule has 0 amide bonds. The second-order valence-electron chi connectivity index (χ2n) is 7.24. The van der Waals surface area contributed by atoms with Crippen LogP contribution in [0.2, 0.25) is 0 Å². The summed E-state index contributed by atoms with van der Waals surface area (Å²) in [6, 6.07) is 8.21. The second kappa shape index (κ2) is 10.5. The van der Waals surface area contributed by atoms with Gasteiger partial charge in [-0.05, 0) is 51.3 Å². The van der Waals surface area contributed by atoms with Crippen LogP contribution in [0.5, 0.6) is 0 Å². The molecule has 1 aromatic carbocycles. The Labute approximate surface area is 150 Å². The predicted octanol–water partition coefficient (Wildman–Crippen LogP) is 5.11. The van der Waals surface area contributed by atoms with Gasteiger partial charge < -0.3 is 10.1 Å². The number of aryl methyl sites for hydroxylation is 1. The van der Waals surface area contributed by atoms with E-state index < -0.39 is 5.41 Å². The monoisotopic (exact) mass is 337 g/mol. The Bertz CT molecular complexity index is 485. The molecule has 1 N–H and O–H groups in total. The van der Waals surface area contributed by atoms with Crippen molar-refractivity contribution >= 4 is 5.97 Å². The molecule has 3 nitrogen and oxygen atoms in total. The van der Waals surface area contributed by atoms with Crippen molar-refractivity contribution in [3.05, 3.63) is 35.4 Å². The Morgan fingerprint density at radius 2 is 1.67 bits per heavy atom. The number of benzene rings is 1. The number of methoxy groups -OCH3 is 1. The lowest BCUT2D eigenvalue weighted by Gasteiger charge is -2.30. The molecule has 1 unspecified atom stereocenters. The highest BCUT2D eigenvalue weighted by molar-refractivity contribution is 5.82. The van der Waals surface area contributed by atoms with E-state index in [4.69, 9.17) is 4.74 Å². The topological polar surface area (TPSA) is 38.3 Å². The molecule has 0 aromatic heterocycles. The second-order valence-corrected chi connectivity index (χ2v) is 7.24. The molecule has 0 heterocycles. The Morgan fingerprint density at radius 3 is 2.12 bits per heavy atom. The maximum atomic E-state index is 12.4. The maximum absolute atomic E-state index is 12.4. The Morgan fingerprint density at radius 1 is 1.12 bits per heavy atom. The molecule has 0 spiro atoms. The molecule has 0 aliphatic heterocycles. The first kappa shape index (κ1) is 22.6. The van der Waals surface area contributed by atoms with Gasteiger partial charge in [-0.2, -0.15) is 0 Å². The van der Waals surface area contributed by atoms with E-state index in [1.807, 2.05) is 40.0 Å². The van der Waals surface area contributed by atoms with Crippen LogP contribution in [0.1, 0.15) is 66.4 Å². The highest BCUT2D eigenvalue weighted by Crippen LogP contribution is 2.33. The van der Waals surface area contributed by atoms with E-state index in [1.54, 1.807) is 0 Å². The van der Waals surface area contributed by atoms with Gasteiger partial charge in [0.05, 0.1) is 12.5 Å². The van der Waals surface area contributed by atoms with E-state index in [9.17, 15) is 4.79 Å². The molecule has 1 atom stereocenters. The van der Waals surface area contributed by atoms with Gasteiger partial charge >= 0.3 is 5.97 Å². The number of carbonyl (C=O) groups is 1. The van der Waals surface area contributed by atoms with Crippen molar-refractivity contribution in [1.29, 1.82) is 0 Å². The van der Waals surface area contributed by atoms with Gasteiger partial charge in [-0.3, -0.25) is 4.79 Å². The highest BCUT2D eigenvalue weighted by Gasteiger charge is 2.36. The van der Waals surface area contributed by atoms with Crippen molar-refractivity contribution in [2.45, 2.75) is 66.2 Å². The normalized spacial score (nSPS) is 13.5. The number of carbonyl (C=O) groups excluding carboxylic acids is 1. The zero-order valence-corrected chi connectivity index (χ0v) is 17.0. The summed E-state index contributed by atoms with van der Waals surface area (Å²) in [4.78, 5) is 12.4. The van der Waals surface area contributed by atoms with Gasteiger partial charge in [0.2, 0.25) is 0 Å². The van der Waals surface area contributed by atoms with Crippen molar-refractivity contribution in [1.82, 2.24) is 5.32 Å². The van der Waals surface area contributed by atoms with E-state index in [-0.39, 0.29) is 12.8 Å². The number of ether oxygens (including phenoxy) is 1. The number of hydrogen-bond donors (Lipinski definition) is 1. The van der Waals surface area contributed by atoms with E-state index in [1.165, 1.54) is 12.7 Å². The van der Waals surface area contributed by atoms with Crippen molar-refractivity contribution in [2.24, 2.45) is 5.41 Å². The van der Waals surface area contributed by atoms with Gasteiger partial charge in [-0.1, -0.05) is 63.9 Å². The lowest BCUT2D eigenvalue weighted by atomic mass is 9.76. The van der Waals surface area contributed by atoms with Gasteiger partial charge in [0.1, 0.15) is 0 Å². The highest BCUT2D eigenvalue weighted by atomic mass is 16.5. The fraction of sp³-hybridized carbons (Fsp3) is 0.667. The van der Waals surface area contributed by atoms with Crippen molar-refractivity contribution < 1.29 is 11.0 Å². The molecule has 0 aliphatic rings. The molecule has 0 aliphatic carbocycles. The van der Waals surface area contributed by atoms with Gasteiger partial charge in [0, 0.05) is 1.43 Å². The molecule has 0 fully saturated rings. The smallest absolute Gasteiger partial charge is 0.315 e. The third-order valence-electron chi connectivity index (χ3n) is 4.51. The molecule has 1 rings (SSSR count). The average Bonchev–Trinajstić information content (AvgIpc) is 2.56. The van der Waals surface area contributed by atoms with Crippen LogP contribution in [0.25, 0.3) is 0 Å². The SMILES string of the molecule is CC.CNCC(C)(C)CCCC(C)(C(=O)OC)c1ccc(C)cc1.[HH]. The maximum Gasteiger partial charge on any atom is 0.315 e. The first-order valence-corrected chi connectivity index (χ1v) is 9.05. The average molecular weight is 338 g/mol. The molecule has 0 saturated carbocycles. The van der Waals surface area contributed by atoms with Crippen molar-refractivity contribution in [2.75, 3.05) is 20.7 Å². The molecular weight excluding hydrogens is 298 g/mol. The fourth-order valence-electron chi connectivity index (χ4n) is 3.00. The minimum atomic E-state index is -0.571. The van der Waals surface area contributed by atoms with Gasteiger partial charge in [-0.15, -0.1) is 0 Å². The standard InChI is InChI=1S/C19H31NO2.C2H6.H2/c1-15-8-10-16(11-9-15)19(4,17(21)22-6)13-7-12-18(2,3)14-20-5;1-2;/h8-11,20H,7,12-14H2,1-6H3;1-2H3;1H. The molecule has 1 aromatic rings. The molecule has 140 valence electrons. The van der Waals surface area contributed by atoms with Crippen LogP contribution < -0.4 is 5.32 Å². The van der Waals surface area contributed by atoms with Gasteiger partial charge in [-0.25, -0.2) is 0 Å². The summed E-state index contributed by atoms with van der Waals surface area (Å²) in [7, 11) is 3.45. The first-order chi connectivity index (χ1) is 11.2. The Kier molecular flexibility index (Phi) is 9.91. The summed E-state index contributed by atoms with van der Waals surface area (Å²) < 4.78 is 5.08. The van der Waals surface area contributed by atoms with Crippen molar-refractivity contribution in [3.63, 3.8) is 0 Å². The molecular formula is C21H39NO2. The Hall–Kier alpha value is -1.35. The van der Waals surface area contributed by atoms with E-state index >= 15 is 0 Å². The summed E-state index contributed by atoms with van der Waals surface area (Å²) in [6.07, 6.45) is 2.87. The molecule has 0 bridgehead atoms. The molecule has 3 heteroatoms. The van der Waals surface area contributed by atoms with E-state index in [2.05, 4.69) is 38.2 Å². The lowest BCUT2D eigenvalue weighted by molar-refractivity contribution is -0.147. The quantitative estimate of drug-likeness (QED) is 0.670. The predicted molar refractivity (Wildman–Crippen MR) is 106 cm³/mol. The summed E-state index contributed by atoms with van der Waals surface area (Å²) in [6.45, 7) is 13.5. The minimum absolute atomic E-state index is 0. The van der Waals surface area contributed by atoms with Crippen LogP contribution in [0.4, 0.5) is 0 Å². The van der Waals surface area contributed by atoms with E-state index in [0.29, 0.717) is 0 Å². The van der Waals surface area contributed by atoms with Crippen LogP contribution in [0.15, 0.2) is 24.3 Å².